The van der Waals surface area contributed by atoms with Crippen molar-refractivity contribution in [2.45, 2.75) is 39.7 Å². The third kappa shape index (κ3) is 5.07. The van der Waals surface area contributed by atoms with E-state index >= 15 is 0 Å². The summed E-state index contributed by atoms with van der Waals surface area (Å²) in [5, 5.41) is 5.58. The van der Waals surface area contributed by atoms with Crippen LogP contribution in [0.3, 0.4) is 0 Å². The summed E-state index contributed by atoms with van der Waals surface area (Å²) in [6.07, 6.45) is 0. The topological polar surface area (TPSA) is 61.4 Å². The minimum Gasteiger partial charge on any atom is -0.354 e. The highest BCUT2D eigenvalue weighted by Gasteiger charge is 2.22. The van der Waals surface area contributed by atoms with Gasteiger partial charge in [-0.15, -0.1) is 0 Å². The van der Waals surface area contributed by atoms with Crippen LogP contribution in [0.2, 0.25) is 0 Å². The monoisotopic (exact) mass is 431 g/mol. The van der Waals surface area contributed by atoms with Gasteiger partial charge in [0.2, 0.25) is 5.91 Å². The number of aryl methyl sites for hydroxylation is 1. The van der Waals surface area contributed by atoms with E-state index in [1.807, 2.05) is 19.1 Å². The molecule has 4 rings (SSSR count). The minimum absolute atomic E-state index is 0.0339. The highest BCUT2D eigenvalue weighted by Crippen LogP contribution is 2.24. The molecule has 3 aromatic rings. The Balaban J connectivity index is 1.33. The van der Waals surface area contributed by atoms with Crippen LogP contribution in [-0.2, 0) is 4.79 Å². The molecule has 1 amide bonds. The van der Waals surface area contributed by atoms with Crippen LogP contribution in [0.25, 0.3) is 10.8 Å². The molecule has 0 bridgehead atoms. The van der Waals surface area contributed by atoms with Gasteiger partial charge in [-0.2, -0.15) is 0 Å². The number of hydrogen-bond donors (Lipinski definition) is 1. The van der Waals surface area contributed by atoms with Crippen molar-refractivity contribution in [1.29, 1.82) is 0 Å². The van der Waals surface area contributed by atoms with E-state index in [9.17, 15) is 4.79 Å². The van der Waals surface area contributed by atoms with Crippen LogP contribution in [0.1, 0.15) is 49.8 Å². The highest BCUT2D eigenvalue weighted by atomic mass is 16.2. The molecule has 0 saturated carbocycles. The first-order chi connectivity index (χ1) is 15.4. The molecule has 1 aliphatic heterocycles. The van der Waals surface area contributed by atoms with Gasteiger partial charge < -0.3 is 10.2 Å². The van der Waals surface area contributed by atoms with E-state index < -0.39 is 0 Å². The molecule has 6 nitrogen and oxygen atoms in total. The summed E-state index contributed by atoms with van der Waals surface area (Å²) >= 11 is 0. The Hall–Kier alpha value is -2.99. The number of nitrogens with zero attached hydrogens (tertiary/aromatic N) is 4. The number of fused-ring (bicyclic) bond motifs is 1. The van der Waals surface area contributed by atoms with Gasteiger partial charge >= 0.3 is 0 Å². The second kappa shape index (κ2) is 9.65. The van der Waals surface area contributed by atoms with Gasteiger partial charge in [-0.25, -0.2) is 9.97 Å². The molecule has 32 heavy (non-hydrogen) atoms. The molecule has 168 valence electrons. The van der Waals surface area contributed by atoms with Crippen LogP contribution in [-0.4, -0.2) is 53.5 Å². The van der Waals surface area contributed by atoms with Gasteiger partial charge in [-0.05, 0) is 30.2 Å². The Morgan fingerprint density at radius 2 is 1.72 bits per heavy atom. The number of nitrogens with one attached hydrogen (secondary N) is 1. The molecule has 1 fully saturated rings. The largest absolute Gasteiger partial charge is 0.354 e. The summed E-state index contributed by atoms with van der Waals surface area (Å²) in [5.41, 5.74) is 2.16. The van der Waals surface area contributed by atoms with Crippen LogP contribution in [0.4, 0.5) is 5.82 Å². The molecular weight excluding hydrogens is 398 g/mol. The van der Waals surface area contributed by atoms with Crippen LogP contribution >= 0.6 is 0 Å². The van der Waals surface area contributed by atoms with Crippen molar-refractivity contribution >= 4 is 22.5 Å². The Labute approximate surface area is 190 Å². The molecule has 0 aliphatic carbocycles. The maximum atomic E-state index is 12.8. The van der Waals surface area contributed by atoms with Crippen molar-refractivity contribution < 1.29 is 4.79 Å². The first kappa shape index (κ1) is 22.2. The van der Waals surface area contributed by atoms with Gasteiger partial charge in [-0.3, -0.25) is 9.69 Å². The van der Waals surface area contributed by atoms with Gasteiger partial charge in [0.25, 0.3) is 0 Å². The highest BCUT2D eigenvalue weighted by molar-refractivity contribution is 5.87. The molecule has 6 heteroatoms. The molecule has 2 heterocycles. The number of rotatable bonds is 6. The normalized spacial score (nSPS) is 15.8. The van der Waals surface area contributed by atoms with E-state index in [1.165, 1.54) is 10.8 Å². The number of carbonyl (C=O) groups is 1. The summed E-state index contributed by atoms with van der Waals surface area (Å²) in [6.45, 7) is 12.1. The van der Waals surface area contributed by atoms with Gasteiger partial charge in [0.05, 0.1) is 12.6 Å². The van der Waals surface area contributed by atoms with Gasteiger partial charge in [0.15, 0.2) is 0 Å². The third-order valence-corrected chi connectivity index (χ3v) is 6.11. The predicted molar refractivity (Wildman–Crippen MR) is 130 cm³/mol. The van der Waals surface area contributed by atoms with Crippen LogP contribution in [0.5, 0.6) is 0 Å². The number of amides is 1. The molecule has 1 saturated heterocycles. The van der Waals surface area contributed by atoms with E-state index in [-0.39, 0.29) is 11.9 Å². The van der Waals surface area contributed by atoms with Gasteiger partial charge in [-0.1, -0.05) is 56.3 Å². The lowest BCUT2D eigenvalue weighted by Crippen LogP contribution is -2.50. The Morgan fingerprint density at radius 1 is 1.00 bits per heavy atom. The smallest absolute Gasteiger partial charge is 0.234 e. The second-order valence-corrected chi connectivity index (χ2v) is 9.00. The molecule has 0 radical (unpaired) electrons. The number of carbonyl (C=O) groups excluding carboxylic acids is 1. The SMILES string of the molecule is Cc1cc(N2CCN(CC(=O)NC(C)c3cccc4ccccc34)CC2)nc(C(C)C)n1. The van der Waals surface area contributed by atoms with E-state index in [1.54, 1.807) is 0 Å². The van der Waals surface area contributed by atoms with Crippen molar-refractivity contribution in [3.63, 3.8) is 0 Å². The summed E-state index contributed by atoms with van der Waals surface area (Å²) < 4.78 is 0. The summed E-state index contributed by atoms with van der Waals surface area (Å²) in [4.78, 5) is 26.6. The molecular formula is C26H33N5O. The first-order valence-corrected chi connectivity index (χ1v) is 11.5. The van der Waals surface area contributed by atoms with E-state index in [2.05, 4.69) is 77.3 Å². The van der Waals surface area contributed by atoms with Crippen LogP contribution < -0.4 is 10.2 Å². The molecule has 1 aliphatic rings. The fourth-order valence-corrected chi connectivity index (χ4v) is 4.33. The first-order valence-electron chi connectivity index (χ1n) is 11.5. The zero-order valence-electron chi connectivity index (χ0n) is 19.5. The Morgan fingerprint density at radius 3 is 2.47 bits per heavy atom. The van der Waals surface area contributed by atoms with Crippen LogP contribution in [0.15, 0.2) is 48.5 Å². The van der Waals surface area contributed by atoms with Crippen LogP contribution in [0, 0.1) is 6.92 Å². The fraction of sp³-hybridized carbons (Fsp3) is 0.423. The lowest BCUT2D eigenvalue weighted by molar-refractivity contribution is -0.123. The van der Waals surface area contributed by atoms with Crippen molar-refractivity contribution in [3.05, 3.63) is 65.6 Å². The van der Waals surface area contributed by atoms with Crippen molar-refractivity contribution in [3.8, 4) is 0 Å². The quantitative estimate of drug-likeness (QED) is 0.638. The summed E-state index contributed by atoms with van der Waals surface area (Å²) in [7, 11) is 0. The second-order valence-electron chi connectivity index (χ2n) is 9.00. The Bertz CT molecular complexity index is 1080. The molecule has 1 atom stereocenters. The maximum Gasteiger partial charge on any atom is 0.234 e. The standard InChI is InChI=1S/C26H33N5O/c1-18(2)26-27-19(3)16-24(29-26)31-14-12-30(13-15-31)17-25(32)28-20(4)22-11-7-9-21-8-5-6-10-23(21)22/h5-11,16,18,20H,12-15,17H2,1-4H3,(H,28,32). The molecule has 1 aromatic heterocycles. The molecule has 1 N–H and O–H groups in total. The summed E-state index contributed by atoms with van der Waals surface area (Å²) in [5.74, 6) is 2.26. The number of piperazine rings is 1. The molecule has 0 spiro atoms. The van der Waals surface area contributed by atoms with E-state index in [0.717, 1.165) is 49.1 Å². The molecule has 2 aromatic carbocycles. The van der Waals surface area contributed by atoms with Crippen molar-refractivity contribution in [1.82, 2.24) is 20.2 Å². The number of anilines is 1. The number of aromatic nitrogens is 2. The minimum atomic E-state index is -0.0339. The maximum absolute atomic E-state index is 12.8. The van der Waals surface area contributed by atoms with E-state index in [4.69, 9.17) is 4.98 Å². The summed E-state index contributed by atoms with van der Waals surface area (Å²) in [6, 6.07) is 16.6. The number of hydrogen-bond acceptors (Lipinski definition) is 5. The predicted octanol–water partition coefficient (Wildman–Crippen LogP) is 4.06. The third-order valence-electron chi connectivity index (χ3n) is 6.11. The number of benzene rings is 2. The zero-order valence-corrected chi connectivity index (χ0v) is 19.5. The van der Waals surface area contributed by atoms with E-state index in [0.29, 0.717) is 12.5 Å². The lowest BCUT2D eigenvalue weighted by atomic mass is 10.00. The molecule has 1 unspecified atom stereocenters. The lowest BCUT2D eigenvalue weighted by Gasteiger charge is -2.35. The van der Waals surface area contributed by atoms with Gasteiger partial charge in [0, 0.05) is 43.9 Å². The van der Waals surface area contributed by atoms with Gasteiger partial charge in [0.1, 0.15) is 11.6 Å². The fourth-order valence-electron chi connectivity index (χ4n) is 4.33. The zero-order chi connectivity index (χ0) is 22.7. The van der Waals surface area contributed by atoms with Crippen molar-refractivity contribution in [2.24, 2.45) is 0 Å². The van der Waals surface area contributed by atoms with Crippen molar-refractivity contribution in [2.75, 3.05) is 37.6 Å². The average Bonchev–Trinajstić information content (AvgIpc) is 2.78. The Kier molecular flexibility index (Phi) is 6.70. The average molecular weight is 432 g/mol.